The molecule has 0 fully saturated rings. The normalized spacial score (nSPS) is 10.2. The molecule has 19 heavy (non-hydrogen) atoms. The molecule has 1 amide bonds. The topological polar surface area (TPSA) is 79.3 Å². The van der Waals surface area contributed by atoms with Gasteiger partial charge in [-0.1, -0.05) is 0 Å². The van der Waals surface area contributed by atoms with Crippen LogP contribution in [0, 0.1) is 6.92 Å². The lowest BCUT2D eigenvalue weighted by Crippen LogP contribution is -2.22. The number of carboxylic acid groups (broad SMARTS) is 1. The number of carbonyl (C=O) groups excluding carboxylic acids is 1. The number of carbonyl (C=O) groups is 2. The summed E-state index contributed by atoms with van der Waals surface area (Å²) in [6, 6.07) is 4.79. The highest BCUT2D eigenvalue weighted by Crippen LogP contribution is 2.16. The number of nitrogens with zero attached hydrogens (tertiary/aromatic N) is 1. The van der Waals surface area contributed by atoms with E-state index in [1.165, 1.54) is 12.1 Å². The summed E-state index contributed by atoms with van der Waals surface area (Å²) < 4.78 is 0. The molecule has 0 saturated carbocycles. The van der Waals surface area contributed by atoms with Gasteiger partial charge in [-0.15, -0.1) is 11.3 Å². The zero-order chi connectivity index (χ0) is 13.8. The average Bonchev–Trinajstić information content (AvgIpc) is 2.87. The van der Waals surface area contributed by atoms with Gasteiger partial charge in [0.1, 0.15) is 4.88 Å². The van der Waals surface area contributed by atoms with Crippen LogP contribution in [0.2, 0.25) is 0 Å². The van der Waals surface area contributed by atoms with E-state index in [9.17, 15) is 9.59 Å². The van der Waals surface area contributed by atoms with Gasteiger partial charge in [-0.25, -0.2) is 4.79 Å². The quantitative estimate of drug-likeness (QED) is 0.896. The van der Waals surface area contributed by atoms with Gasteiger partial charge in [-0.05, 0) is 36.2 Å². The molecule has 2 aromatic rings. The molecule has 0 bridgehead atoms. The van der Waals surface area contributed by atoms with Crippen LogP contribution in [0.15, 0.2) is 30.6 Å². The van der Waals surface area contributed by atoms with Gasteiger partial charge in [0.15, 0.2) is 0 Å². The van der Waals surface area contributed by atoms with Crippen molar-refractivity contribution in [2.24, 2.45) is 0 Å². The minimum absolute atomic E-state index is 0.158. The van der Waals surface area contributed by atoms with Gasteiger partial charge in [0.05, 0.1) is 4.88 Å². The second-order valence-corrected chi connectivity index (χ2v) is 5.04. The van der Waals surface area contributed by atoms with Crippen molar-refractivity contribution in [1.29, 1.82) is 0 Å². The Kier molecular flexibility index (Phi) is 3.91. The molecule has 0 aromatic carbocycles. The van der Waals surface area contributed by atoms with E-state index in [-0.39, 0.29) is 10.8 Å². The molecule has 0 aliphatic heterocycles. The van der Waals surface area contributed by atoms with E-state index in [4.69, 9.17) is 5.11 Å². The maximum absolute atomic E-state index is 11.9. The zero-order valence-electron chi connectivity index (χ0n) is 10.2. The van der Waals surface area contributed by atoms with E-state index in [1.54, 1.807) is 12.4 Å². The standard InChI is InChI=1S/C13H12N2O3S/c1-8-6-14-5-4-9(8)7-15-12(16)10-2-3-11(19-10)13(17)18/h2-6H,7H2,1H3,(H,15,16)(H,17,18). The summed E-state index contributed by atoms with van der Waals surface area (Å²) in [6.45, 7) is 2.32. The van der Waals surface area contributed by atoms with Crippen LogP contribution < -0.4 is 5.32 Å². The molecule has 0 aliphatic carbocycles. The van der Waals surface area contributed by atoms with Gasteiger partial charge in [0, 0.05) is 18.9 Å². The molecule has 0 atom stereocenters. The van der Waals surface area contributed by atoms with Crippen molar-refractivity contribution in [3.05, 3.63) is 51.5 Å². The lowest BCUT2D eigenvalue weighted by molar-refractivity contribution is 0.0702. The fraction of sp³-hybridized carbons (Fsp3) is 0.154. The Morgan fingerprint density at radius 3 is 2.68 bits per heavy atom. The van der Waals surface area contributed by atoms with Gasteiger partial charge >= 0.3 is 5.97 Å². The highest BCUT2D eigenvalue weighted by molar-refractivity contribution is 7.15. The molecule has 2 rings (SSSR count). The van der Waals surface area contributed by atoms with Crippen LogP contribution in [-0.2, 0) is 6.54 Å². The molecule has 0 spiro atoms. The van der Waals surface area contributed by atoms with Gasteiger partial charge in [-0.3, -0.25) is 9.78 Å². The van der Waals surface area contributed by atoms with Gasteiger partial charge < -0.3 is 10.4 Å². The summed E-state index contributed by atoms with van der Waals surface area (Å²) in [4.78, 5) is 27.1. The minimum Gasteiger partial charge on any atom is -0.477 e. The predicted molar refractivity (Wildman–Crippen MR) is 71.4 cm³/mol. The van der Waals surface area contributed by atoms with Gasteiger partial charge in [0.25, 0.3) is 5.91 Å². The van der Waals surface area contributed by atoms with Crippen molar-refractivity contribution >= 4 is 23.2 Å². The van der Waals surface area contributed by atoms with E-state index >= 15 is 0 Å². The number of pyridine rings is 1. The molecule has 6 heteroatoms. The van der Waals surface area contributed by atoms with Crippen molar-refractivity contribution in [2.75, 3.05) is 0 Å². The Balaban J connectivity index is 2.01. The first-order valence-corrected chi connectivity index (χ1v) is 6.40. The Labute approximate surface area is 113 Å². The number of rotatable bonds is 4. The first kappa shape index (κ1) is 13.2. The molecule has 98 valence electrons. The third kappa shape index (κ3) is 3.17. The number of carboxylic acids is 1. The van der Waals surface area contributed by atoms with Gasteiger partial charge in [-0.2, -0.15) is 0 Å². The summed E-state index contributed by atoms with van der Waals surface area (Å²) in [5.74, 6) is -1.29. The van der Waals surface area contributed by atoms with Crippen LogP contribution in [0.4, 0.5) is 0 Å². The smallest absolute Gasteiger partial charge is 0.345 e. The highest BCUT2D eigenvalue weighted by Gasteiger charge is 2.12. The summed E-state index contributed by atoms with van der Waals surface area (Å²) in [5.41, 5.74) is 1.98. The predicted octanol–water partition coefficient (Wildman–Crippen LogP) is 2.08. The van der Waals surface area contributed by atoms with Crippen molar-refractivity contribution in [3.8, 4) is 0 Å². The summed E-state index contributed by atoms with van der Waals surface area (Å²) in [7, 11) is 0. The fourth-order valence-electron chi connectivity index (χ4n) is 1.54. The number of hydrogen-bond donors (Lipinski definition) is 2. The first-order valence-electron chi connectivity index (χ1n) is 5.58. The molecule has 0 unspecified atom stereocenters. The lowest BCUT2D eigenvalue weighted by Gasteiger charge is -2.06. The van der Waals surface area contributed by atoms with Crippen LogP contribution in [-0.4, -0.2) is 22.0 Å². The summed E-state index contributed by atoms with van der Waals surface area (Å²) in [5, 5.41) is 11.6. The van der Waals surface area contributed by atoms with Crippen molar-refractivity contribution in [2.45, 2.75) is 13.5 Å². The van der Waals surface area contributed by atoms with Crippen LogP contribution in [0.1, 0.15) is 30.5 Å². The van der Waals surface area contributed by atoms with E-state index < -0.39 is 5.97 Å². The zero-order valence-corrected chi connectivity index (χ0v) is 11.0. The highest BCUT2D eigenvalue weighted by atomic mass is 32.1. The Bertz CT molecular complexity index is 622. The van der Waals surface area contributed by atoms with E-state index in [0.29, 0.717) is 11.4 Å². The molecule has 0 radical (unpaired) electrons. The maximum atomic E-state index is 11.9. The van der Waals surface area contributed by atoms with Crippen LogP contribution in [0.3, 0.4) is 0 Å². The Morgan fingerprint density at radius 1 is 1.32 bits per heavy atom. The van der Waals surface area contributed by atoms with E-state index in [1.807, 2.05) is 13.0 Å². The van der Waals surface area contributed by atoms with Crippen LogP contribution >= 0.6 is 11.3 Å². The first-order chi connectivity index (χ1) is 9.08. The van der Waals surface area contributed by atoms with E-state index in [2.05, 4.69) is 10.3 Å². The number of aromatic nitrogens is 1. The SMILES string of the molecule is Cc1cnccc1CNC(=O)c1ccc(C(=O)O)s1. The Hall–Kier alpha value is -2.21. The lowest BCUT2D eigenvalue weighted by atomic mass is 10.1. The second-order valence-electron chi connectivity index (χ2n) is 3.95. The largest absolute Gasteiger partial charge is 0.477 e. The second kappa shape index (κ2) is 5.62. The molecular formula is C13H12N2O3S. The van der Waals surface area contributed by atoms with Crippen LogP contribution in [0.5, 0.6) is 0 Å². The monoisotopic (exact) mass is 276 g/mol. The molecular weight excluding hydrogens is 264 g/mol. The molecule has 2 heterocycles. The Morgan fingerprint density at radius 2 is 2.05 bits per heavy atom. The molecule has 5 nitrogen and oxygen atoms in total. The molecule has 2 N–H and O–H groups in total. The maximum Gasteiger partial charge on any atom is 0.345 e. The number of nitrogens with one attached hydrogen (secondary N) is 1. The van der Waals surface area contributed by atoms with E-state index in [0.717, 1.165) is 22.5 Å². The molecule has 0 aliphatic rings. The number of amides is 1. The fourth-order valence-corrected chi connectivity index (χ4v) is 2.30. The number of aryl methyl sites for hydroxylation is 1. The van der Waals surface area contributed by atoms with Crippen LogP contribution in [0.25, 0.3) is 0 Å². The third-order valence-electron chi connectivity index (χ3n) is 2.62. The average molecular weight is 276 g/mol. The summed E-state index contributed by atoms with van der Waals surface area (Å²) in [6.07, 6.45) is 3.40. The van der Waals surface area contributed by atoms with Gasteiger partial charge in [0.2, 0.25) is 0 Å². The minimum atomic E-state index is -1.02. The van der Waals surface area contributed by atoms with Crippen molar-refractivity contribution in [3.63, 3.8) is 0 Å². The molecule has 0 saturated heterocycles. The summed E-state index contributed by atoms with van der Waals surface area (Å²) >= 11 is 0.964. The van der Waals surface area contributed by atoms with Crippen molar-refractivity contribution in [1.82, 2.24) is 10.3 Å². The number of hydrogen-bond acceptors (Lipinski definition) is 4. The molecule has 2 aromatic heterocycles. The number of aromatic carboxylic acids is 1. The number of thiophene rings is 1. The van der Waals surface area contributed by atoms with Crippen molar-refractivity contribution < 1.29 is 14.7 Å². The third-order valence-corrected chi connectivity index (χ3v) is 3.69.